The minimum atomic E-state index is 0.739. The van der Waals surface area contributed by atoms with Crippen molar-refractivity contribution in [2.75, 3.05) is 5.73 Å². The lowest BCUT2D eigenvalue weighted by Gasteiger charge is -2.05. The molecule has 0 bridgehead atoms. The van der Waals surface area contributed by atoms with E-state index < -0.39 is 0 Å². The summed E-state index contributed by atoms with van der Waals surface area (Å²) < 4.78 is 0. The largest absolute Gasteiger partial charge is 0.399 e. The summed E-state index contributed by atoms with van der Waals surface area (Å²) in [4.78, 5) is 0. The van der Waals surface area contributed by atoms with Gasteiger partial charge in [0.1, 0.15) is 0 Å². The maximum absolute atomic E-state index is 5.74. The molecule has 2 aromatic rings. The average molecular weight is 287 g/mol. The lowest BCUT2D eigenvalue weighted by molar-refractivity contribution is 1.20. The number of hydrogen-bond donors (Lipinski definition) is 1. The van der Waals surface area contributed by atoms with E-state index in [0.717, 1.165) is 33.8 Å². The molecule has 0 spiro atoms. The zero-order chi connectivity index (χ0) is 15.5. The lowest BCUT2D eigenvalue weighted by Crippen LogP contribution is -1.85. The van der Waals surface area contributed by atoms with Gasteiger partial charge >= 0.3 is 0 Å². The number of hydrogen-bond acceptors (Lipinski definition) is 3. The van der Waals surface area contributed by atoms with E-state index in [1.807, 2.05) is 49.4 Å². The van der Waals surface area contributed by atoms with Gasteiger partial charge in [0.2, 0.25) is 0 Å². The van der Waals surface area contributed by atoms with Crippen LogP contribution in [0.2, 0.25) is 0 Å². The molecule has 0 saturated carbocycles. The molecule has 0 fully saturated rings. The zero-order valence-electron chi connectivity index (χ0n) is 12.7. The Hall–Kier alpha value is -2.90. The van der Waals surface area contributed by atoms with Gasteiger partial charge < -0.3 is 5.73 Å². The predicted molar refractivity (Wildman–Crippen MR) is 91.6 cm³/mol. The fourth-order valence-corrected chi connectivity index (χ4v) is 2.41. The van der Waals surface area contributed by atoms with Crippen molar-refractivity contribution in [3.8, 4) is 0 Å². The topological polar surface area (TPSA) is 50.7 Å². The minimum absolute atomic E-state index is 0.739. The third kappa shape index (κ3) is 2.90. The first-order valence-electron chi connectivity index (χ1n) is 7.16. The van der Waals surface area contributed by atoms with Crippen molar-refractivity contribution in [3.05, 3.63) is 77.0 Å². The van der Waals surface area contributed by atoms with Crippen LogP contribution < -0.4 is 5.73 Å². The molecule has 2 aromatic carbocycles. The monoisotopic (exact) mass is 287 g/mol. The van der Waals surface area contributed by atoms with Crippen LogP contribution in [-0.4, -0.2) is 0 Å². The van der Waals surface area contributed by atoms with Crippen molar-refractivity contribution < 1.29 is 0 Å². The van der Waals surface area contributed by atoms with Crippen LogP contribution in [0, 0.1) is 13.8 Å². The number of aryl methyl sites for hydroxylation is 2. The second-order valence-corrected chi connectivity index (χ2v) is 5.33. The Morgan fingerprint density at radius 2 is 1.82 bits per heavy atom. The third-order valence-corrected chi connectivity index (χ3v) is 3.59. The summed E-state index contributed by atoms with van der Waals surface area (Å²) in [6.45, 7) is 4.05. The van der Waals surface area contributed by atoms with E-state index in [1.54, 1.807) is 0 Å². The second-order valence-electron chi connectivity index (χ2n) is 5.33. The quantitative estimate of drug-likeness (QED) is 0.458. The molecule has 22 heavy (non-hydrogen) atoms. The number of nitrogens with zero attached hydrogens (tertiary/aromatic N) is 2. The Morgan fingerprint density at radius 3 is 2.50 bits per heavy atom. The highest BCUT2D eigenvalue weighted by Gasteiger charge is 2.05. The molecule has 0 amide bonds. The lowest BCUT2D eigenvalue weighted by atomic mass is 10.0. The maximum atomic E-state index is 5.74. The highest BCUT2D eigenvalue weighted by atomic mass is 15.1. The molecule has 108 valence electrons. The van der Waals surface area contributed by atoms with Crippen molar-refractivity contribution in [2.24, 2.45) is 10.2 Å². The van der Waals surface area contributed by atoms with E-state index >= 15 is 0 Å². The third-order valence-electron chi connectivity index (χ3n) is 3.59. The first-order chi connectivity index (χ1) is 10.6. The number of anilines is 1. The molecule has 1 aliphatic carbocycles. The maximum Gasteiger partial charge on any atom is 0.0887 e. The van der Waals surface area contributed by atoms with Crippen LogP contribution in [0.1, 0.15) is 16.7 Å². The molecule has 0 unspecified atom stereocenters. The fraction of sp³-hybridized carbons (Fsp3) is 0.105. The predicted octanol–water partition coefficient (Wildman–Crippen LogP) is 5.41. The van der Waals surface area contributed by atoms with Gasteiger partial charge in [-0.05, 0) is 73.0 Å². The van der Waals surface area contributed by atoms with Gasteiger partial charge in [-0.15, -0.1) is 5.73 Å². The highest BCUT2D eigenvalue weighted by molar-refractivity contribution is 5.78. The summed E-state index contributed by atoms with van der Waals surface area (Å²) >= 11 is 0. The number of azo groups is 1. The highest BCUT2D eigenvalue weighted by Crippen LogP contribution is 2.27. The van der Waals surface area contributed by atoms with E-state index in [2.05, 4.69) is 35.0 Å². The molecule has 1 aliphatic rings. The number of nitrogens with two attached hydrogens (primary N) is 1. The van der Waals surface area contributed by atoms with Crippen LogP contribution in [0.3, 0.4) is 0 Å². The van der Waals surface area contributed by atoms with Gasteiger partial charge in [-0.3, -0.25) is 0 Å². The smallest absolute Gasteiger partial charge is 0.0887 e. The van der Waals surface area contributed by atoms with Crippen LogP contribution in [0.25, 0.3) is 5.57 Å². The molecule has 3 rings (SSSR count). The zero-order valence-corrected chi connectivity index (χ0v) is 12.7. The standard InChI is InChI=1S/C19H17N3/c1-13-12-17(8-9-18(13)15-5-3-4-6-15)21-22-19-10-7-16(20)11-14(19)2/h3-5,7-12H,20H2,1-2H3. The first-order valence-corrected chi connectivity index (χ1v) is 7.16. The molecule has 0 atom stereocenters. The molecule has 3 heteroatoms. The van der Waals surface area contributed by atoms with E-state index in [1.165, 1.54) is 5.56 Å². The van der Waals surface area contributed by atoms with Crippen LogP contribution in [0.15, 0.2) is 70.6 Å². The summed E-state index contributed by atoms with van der Waals surface area (Å²) in [6.07, 6.45) is 5.97. The molecule has 0 aromatic heterocycles. The van der Waals surface area contributed by atoms with Crippen molar-refractivity contribution >= 4 is 22.6 Å². The second kappa shape index (κ2) is 5.84. The Morgan fingerprint density at radius 1 is 0.955 bits per heavy atom. The van der Waals surface area contributed by atoms with Crippen LogP contribution in [0.4, 0.5) is 17.1 Å². The van der Waals surface area contributed by atoms with E-state index in [0.29, 0.717) is 0 Å². The average Bonchev–Trinajstić information content (AvgIpc) is 3.00. The summed E-state index contributed by atoms with van der Waals surface area (Å²) in [5, 5.41) is 8.64. The van der Waals surface area contributed by atoms with Gasteiger partial charge in [0.25, 0.3) is 0 Å². The van der Waals surface area contributed by atoms with E-state index in [4.69, 9.17) is 5.73 Å². The van der Waals surface area contributed by atoms with Gasteiger partial charge in [-0.2, -0.15) is 10.2 Å². The van der Waals surface area contributed by atoms with Gasteiger partial charge in [0, 0.05) is 11.3 Å². The van der Waals surface area contributed by atoms with Gasteiger partial charge in [-0.1, -0.05) is 12.1 Å². The summed E-state index contributed by atoms with van der Waals surface area (Å²) in [5.74, 6) is 0. The molecular weight excluding hydrogens is 270 g/mol. The normalized spacial score (nSPS) is 13.1. The van der Waals surface area contributed by atoms with Gasteiger partial charge in [0.15, 0.2) is 0 Å². The molecular formula is C19H17N3. The molecule has 0 aliphatic heterocycles. The number of benzene rings is 2. The van der Waals surface area contributed by atoms with Crippen molar-refractivity contribution in [3.63, 3.8) is 0 Å². The summed E-state index contributed by atoms with van der Waals surface area (Å²) in [5.41, 5.74) is 15.8. The summed E-state index contributed by atoms with van der Waals surface area (Å²) in [6, 6.07) is 11.7. The van der Waals surface area contributed by atoms with Crippen molar-refractivity contribution in [1.82, 2.24) is 0 Å². The number of rotatable bonds is 3. The fourth-order valence-electron chi connectivity index (χ4n) is 2.41. The van der Waals surface area contributed by atoms with Gasteiger partial charge in [0.05, 0.1) is 11.4 Å². The molecule has 0 heterocycles. The Balaban J connectivity index is 1.87. The molecule has 0 radical (unpaired) electrons. The molecule has 0 saturated heterocycles. The van der Waals surface area contributed by atoms with Crippen LogP contribution >= 0.6 is 0 Å². The minimum Gasteiger partial charge on any atom is -0.399 e. The Bertz CT molecular complexity index is 851. The van der Waals surface area contributed by atoms with Crippen LogP contribution in [-0.2, 0) is 0 Å². The Kier molecular flexibility index (Phi) is 3.73. The Labute approximate surface area is 130 Å². The van der Waals surface area contributed by atoms with Crippen molar-refractivity contribution in [2.45, 2.75) is 13.8 Å². The van der Waals surface area contributed by atoms with E-state index in [9.17, 15) is 0 Å². The first kappa shape index (κ1) is 14.1. The SMILES string of the molecule is Cc1cc(N)ccc1N=Nc1ccc(C2=C=CC=C2)c(C)c1. The van der Waals surface area contributed by atoms with Gasteiger partial charge in [-0.25, -0.2) is 0 Å². The number of allylic oxidation sites excluding steroid dienone is 3. The van der Waals surface area contributed by atoms with E-state index in [-0.39, 0.29) is 0 Å². The summed E-state index contributed by atoms with van der Waals surface area (Å²) in [7, 11) is 0. The molecule has 2 N–H and O–H groups in total. The van der Waals surface area contributed by atoms with Crippen molar-refractivity contribution in [1.29, 1.82) is 0 Å². The number of nitrogen functional groups attached to an aromatic ring is 1. The van der Waals surface area contributed by atoms with Crippen LogP contribution in [0.5, 0.6) is 0 Å². The molecule has 3 nitrogen and oxygen atoms in total.